The Labute approximate surface area is 152 Å². The molecule has 1 saturated heterocycles. The Bertz CT molecular complexity index is 788. The van der Waals surface area contributed by atoms with E-state index >= 15 is 0 Å². The molecule has 1 aromatic heterocycles. The van der Waals surface area contributed by atoms with Crippen LogP contribution in [-0.2, 0) is 4.65 Å². The van der Waals surface area contributed by atoms with Gasteiger partial charge in [0.15, 0.2) is 0 Å². The lowest BCUT2D eigenvalue weighted by atomic mass is 9.54. The van der Waals surface area contributed by atoms with E-state index in [1.54, 1.807) is 0 Å². The summed E-state index contributed by atoms with van der Waals surface area (Å²) in [5, 5.41) is 6.38. The summed E-state index contributed by atoms with van der Waals surface area (Å²) < 4.78 is 8.71. The van der Waals surface area contributed by atoms with Gasteiger partial charge in [0.05, 0.1) is 16.8 Å². The molecule has 0 amide bonds. The lowest BCUT2D eigenvalue weighted by molar-refractivity contribution is 0.0375. The van der Waals surface area contributed by atoms with Crippen molar-refractivity contribution in [3.05, 3.63) is 23.9 Å². The molecule has 1 unspecified atom stereocenters. The molecular formula is C21H31BN2O. The SMILES string of the molecule is CCC(C)n1nc(C2CC2)c2cc(B3CC(C)(C)C(C)(C)O3)ccc21. The predicted octanol–water partition coefficient (Wildman–Crippen LogP) is 4.92. The average Bonchev–Trinajstić information content (AvgIpc) is 3.28. The van der Waals surface area contributed by atoms with Gasteiger partial charge < -0.3 is 4.65 Å². The summed E-state index contributed by atoms with van der Waals surface area (Å²) in [7, 11) is 0. The molecule has 2 aromatic rings. The second-order valence-corrected chi connectivity index (χ2v) is 9.34. The number of hydrogen-bond donors (Lipinski definition) is 0. The summed E-state index contributed by atoms with van der Waals surface area (Å²) in [6, 6.07) is 7.36. The molecule has 2 heterocycles. The van der Waals surface area contributed by atoms with Crippen LogP contribution in [0.2, 0.25) is 6.32 Å². The topological polar surface area (TPSA) is 27.1 Å². The molecule has 25 heavy (non-hydrogen) atoms. The van der Waals surface area contributed by atoms with Crippen molar-refractivity contribution < 1.29 is 4.65 Å². The highest BCUT2D eigenvalue weighted by Gasteiger charge is 2.49. The predicted molar refractivity (Wildman–Crippen MR) is 106 cm³/mol. The fraction of sp³-hybridized carbons (Fsp3) is 0.667. The Kier molecular flexibility index (Phi) is 3.84. The van der Waals surface area contributed by atoms with Gasteiger partial charge in [-0.25, -0.2) is 0 Å². The third-order valence-electron chi connectivity index (χ3n) is 6.87. The first-order chi connectivity index (χ1) is 11.7. The first kappa shape index (κ1) is 17.1. The fourth-order valence-corrected chi connectivity index (χ4v) is 4.00. The standard InChI is InChI=1S/C21H31BN2O/c1-7-14(2)24-18-11-10-16(12-17(18)19(23-24)15-8-9-15)22-13-20(3,4)21(5,6)25-22/h10-12,14-15H,7-9,13H2,1-6H3. The second kappa shape index (κ2) is 5.60. The minimum atomic E-state index is -0.0904. The van der Waals surface area contributed by atoms with Gasteiger partial charge in [-0.05, 0) is 63.3 Å². The average molecular weight is 338 g/mol. The van der Waals surface area contributed by atoms with Gasteiger partial charge in [-0.15, -0.1) is 0 Å². The van der Waals surface area contributed by atoms with Gasteiger partial charge in [-0.2, -0.15) is 5.10 Å². The van der Waals surface area contributed by atoms with E-state index in [0.717, 1.165) is 12.7 Å². The van der Waals surface area contributed by atoms with Gasteiger partial charge in [0, 0.05) is 17.3 Å². The molecule has 134 valence electrons. The van der Waals surface area contributed by atoms with Crippen LogP contribution in [0.25, 0.3) is 10.9 Å². The van der Waals surface area contributed by atoms with E-state index in [-0.39, 0.29) is 17.9 Å². The second-order valence-electron chi connectivity index (χ2n) is 9.34. The highest BCUT2D eigenvalue weighted by molar-refractivity contribution is 6.68. The van der Waals surface area contributed by atoms with E-state index in [4.69, 9.17) is 9.75 Å². The van der Waals surface area contributed by atoms with Crippen molar-refractivity contribution in [2.45, 2.75) is 84.7 Å². The molecule has 0 radical (unpaired) electrons. The van der Waals surface area contributed by atoms with Gasteiger partial charge in [0.25, 0.3) is 0 Å². The zero-order valence-electron chi connectivity index (χ0n) is 16.6. The van der Waals surface area contributed by atoms with Crippen LogP contribution in [0.4, 0.5) is 0 Å². The molecule has 0 bridgehead atoms. The molecule has 4 rings (SSSR count). The van der Waals surface area contributed by atoms with Crippen LogP contribution in [0.15, 0.2) is 18.2 Å². The molecule has 1 aliphatic carbocycles. The van der Waals surface area contributed by atoms with Crippen LogP contribution in [0.3, 0.4) is 0 Å². The van der Waals surface area contributed by atoms with E-state index in [1.807, 2.05) is 0 Å². The third-order valence-corrected chi connectivity index (χ3v) is 6.87. The van der Waals surface area contributed by atoms with Gasteiger partial charge in [0.1, 0.15) is 0 Å². The molecule has 1 atom stereocenters. The number of hydrogen-bond acceptors (Lipinski definition) is 2. The largest absolute Gasteiger partial charge is 0.426 e. The quantitative estimate of drug-likeness (QED) is 0.740. The zero-order valence-corrected chi connectivity index (χ0v) is 16.6. The number of benzene rings is 1. The normalized spacial score (nSPS) is 23.4. The molecule has 0 spiro atoms. The van der Waals surface area contributed by atoms with Crippen molar-refractivity contribution in [1.82, 2.24) is 9.78 Å². The molecule has 0 N–H and O–H groups in total. The number of rotatable bonds is 4. The van der Waals surface area contributed by atoms with Crippen molar-refractivity contribution in [2.24, 2.45) is 5.41 Å². The number of nitrogens with zero attached hydrogens (tertiary/aromatic N) is 2. The van der Waals surface area contributed by atoms with E-state index in [1.165, 1.54) is 34.9 Å². The van der Waals surface area contributed by atoms with Crippen LogP contribution in [0, 0.1) is 5.41 Å². The maximum atomic E-state index is 6.46. The molecule has 2 aliphatic rings. The van der Waals surface area contributed by atoms with E-state index in [9.17, 15) is 0 Å². The van der Waals surface area contributed by atoms with Crippen molar-refractivity contribution in [3.8, 4) is 0 Å². The maximum absolute atomic E-state index is 6.46. The van der Waals surface area contributed by atoms with E-state index in [2.05, 4.69) is 64.4 Å². The molecule has 4 heteroatoms. The van der Waals surface area contributed by atoms with Crippen LogP contribution in [-0.4, -0.2) is 22.3 Å². The Hall–Kier alpha value is -1.29. The van der Waals surface area contributed by atoms with Crippen LogP contribution in [0.1, 0.15) is 78.5 Å². The summed E-state index contributed by atoms with van der Waals surface area (Å²) in [5.41, 5.74) is 4.02. The van der Waals surface area contributed by atoms with Gasteiger partial charge in [-0.3, -0.25) is 4.68 Å². The first-order valence-electron chi connectivity index (χ1n) is 9.93. The van der Waals surface area contributed by atoms with Crippen molar-refractivity contribution in [1.29, 1.82) is 0 Å². The van der Waals surface area contributed by atoms with Gasteiger partial charge in [0.2, 0.25) is 0 Å². The Balaban J connectivity index is 1.77. The van der Waals surface area contributed by atoms with Gasteiger partial charge in [-0.1, -0.05) is 32.9 Å². The highest BCUT2D eigenvalue weighted by atomic mass is 16.5. The summed E-state index contributed by atoms with van der Waals surface area (Å²) in [6.45, 7) is 13.8. The lowest BCUT2D eigenvalue weighted by Gasteiger charge is -2.34. The zero-order chi connectivity index (χ0) is 18.0. The van der Waals surface area contributed by atoms with Crippen LogP contribution >= 0.6 is 0 Å². The highest BCUT2D eigenvalue weighted by Crippen LogP contribution is 2.46. The minimum absolute atomic E-state index is 0.0904. The lowest BCUT2D eigenvalue weighted by Crippen LogP contribution is -2.36. The van der Waals surface area contributed by atoms with E-state index < -0.39 is 0 Å². The number of fused-ring (bicyclic) bond motifs is 1. The van der Waals surface area contributed by atoms with Gasteiger partial charge >= 0.3 is 6.92 Å². The molecule has 1 aliphatic heterocycles. The summed E-state index contributed by atoms with van der Waals surface area (Å²) in [6.07, 6.45) is 4.76. The van der Waals surface area contributed by atoms with Crippen molar-refractivity contribution >= 4 is 23.3 Å². The van der Waals surface area contributed by atoms with Crippen LogP contribution in [0.5, 0.6) is 0 Å². The Morgan fingerprint density at radius 1 is 1.28 bits per heavy atom. The molecule has 1 saturated carbocycles. The van der Waals surface area contributed by atoms with E-state index in [0.29, 0.717) is 12.0 Å². The summed E-state index contributed by atoms with van der Waals surface area (Å²) in [4.78, 5) is 0. The molecule has 3 nitrogen and oxygen atoms in total. The molecular weight excluding hydrogens is 307 g/mol. The van der Waals surface area contributed by atoms with Crippen molar-refractivity contribution in [2.75, 3.05) is 0 Å². The summed E-state index contributed by atoms with van der Waals surface area (Å²) in [5.74, 6) is 0.667. The maximum Gasteiger partial charge on any atom is 0.327 e. The monoisotopic (exact) mass is 338 g/mol. The Morgan fingerprint density at radius 2 is 2.00 bits per heavy atom. The molecule has 2 fully saturated rings. The minimum Gasteiger partial charge on any atom is -0.426 e. The third kappa shape index (κ3) is 2.73. The first-order valence-corrected chi connectivity index (χ1v) is 9.93. The number of aromatic nitrogens is 2. The Morgan fingerprint density at radius 3 is 2.56 bits per heavy atom. The summed E-state index contributed by atoms with van der Waals surface area (Å²) >= 11 is 0. The smallest absolute Gasteiger partial charge is 0.327 e. The van der Waals surface area contributed by atoms with Crippen LogP contribution < -0.4 is 5.46 Å². The molecule has 1 aromatic carbocycles. The van der Waals surface area contributed by atoms with Crippen molar-refractivity contribution in [3.63, 3.8) is 0 Å². The fourth-order valence-electron chi connectivity index (χ4n) is 4.00.